The summed E-state index contributed by atoms with van der Waals surface area (Å²) in [6.07, 6.45) is 0.836. The van der Waals surface area contributed by atoms with Crippen molar-refractivity contribution in [2.24, 2.45) is 5.73 Å². The lowest BCUT2D eigenvalue weighted by Gasteiger charge is -2.04. The van der Waals surface area contributed by atoms with Crippen molar-refractivity contribution >= 4 is 22.1 Å². The van der Waals surface area contributed by atoms with Crippen LogP contribution in [0.5, 0.6) is 0 Å². The number of aryl methyl sites for hydroxylation is 1. The van der Waals surface area contributed by atoms with Crippen LogP contribution in [-0.2, 0) is 6.42 Å². The van der Waals surface area contributed by atoms with Crippen LogP contribution >= 0.6 is 11.3 Å². The molecule has 0 spiro atoms. The molecule has 3 rings (SSSR count). The second kappa shape index (κ2) is 5.31. The summed E-state index contributed by atoms with van der Waals surface area (Å²) in [6.45, 7) is 2.61. The van der Waals surface area contributed by atoms with Crippen LogP contribution in [0.1, 0.15) is 10.6 Å². The molecular weight excluding hydrogens is 271 g/mol. The van der Waals surface area contributed by atoms with Crippen molar-refractivity contribution in [1.29, 1.82) is 0 Å². The van der Waals surface area contributed by atoms with Gasteiger partial charge in [0.1, 0.15) is 10.8 Å². The van der Waals surface area contributed by atoms with Crippen molar-refractivity contribution in [3.8, 4) is 10.6 Å². The number of halogens is 1. The van der Waals surface area contributed by atoms with E-state index in [1.807, 2.05) is 31.2 Å². The van der Waals surface area contributed by atoms with Gasteiger partial charge in [0.25, 0.3) is 0 Å². The first kappa shape index (κ1) is 13.2. The molecule has 1 aromatic heterocycles. The molecule has 2 aromatic carbocycles. The van der Waals surface area contributed by atoms with Crippen LogP contribution in [0.4, 0.5) is 4.39 Å². The SMILES string of the molecule is Cc1nc(-c2ccc(F)c3ccccc23)sc1CCN. The fourth-order valence-electron chi connectivity index (χ4n) is 2.36. The third-order valence-electron chi connectivity index (χ3n) is 3.37. The lowest BCUT2D eigenvalue weighted by Crippen LogP contribution is -2.01. The third kappa shape index (κ3) is 2.21. The van der Waals surface area contributed by atoms with Gasteiger partial charge in [-0.25, -0.2) is 9.37 Å². The molecule has 102 valence electrons. The molecule has 0 atom stereocenters. The van der Waals surface area contributed by atoms with Crippen LogP contribution in [0.25, 0.3) is 21.3 Å². The average molecular weight is 286 g/mol. The minimum absolute atomic E-state index is 0.195. The minimum Gasteiger partial charge on any atom is -0.330 e. The molecule has 20 heavy (non-hydrogen) atoms. The van der Waals surface area contributed by atoms with E-state index in [9.17, 15) is 4.39 Å². The number of nitrogens with two attached hydrogens (primary N) is 1. The van der Waals surface area contributed by atoms with E-state index in [0.717, 1.165) is 28.1 Å². The van der Waals surface area contributed by atoms with E-state index in [0.29, 0.717) is 11.9 Å². The van der Waals surface area contributed by atoms with Crippen molar-refractivity contribution in [2.45, 2.75) is 13.3 Å². The van der Waals surface area contributed by atoms with Gasteiger partial charge in [-0.05, 0) is 37.4 Å². The molecule has 0 unspecified atom stereocenters. The Labute approximate surface area is 121 Å². The van der Waals surface area contributed by atoms with Gasteiger partial charge in [-0.15, -0.1) is 11.3 Å². The van der Waals surface area contributed by atoms with Gasteiger partial charge in [-0.1, -0.05) is 24.3 Å². The van der Waals surface area contributed by atoms with Crippen molar-refractivity contribution in [1.82, 2.24) is 4.98 Å². The Morgan fingerprint density at radius 2 is 1.90 bits per heavy atom. The molecule has 0 aliphatic heterocycles. The standard InChI is InChI=1S/C16H15FN2S/c1-10-15(8-9-18)20-16(19-10)13-6-7-14(17)12-5-3-2-4-11(12)13/h2-7H,8-9,18H2,1H3. The van der Waals surface area contributed by atoms with E-state index in [4.69, 9.17) is 5.73 Å². The highest BCUT2D eigenvalue weighted by Crippen LogP contribution is 2.34. The highest BCUT2D eigenvalue weighted by Gasteiger charge is 2.13. The molecule has 3 aromatic rings. The summed E-state index contributed by atoms with van der Waals surface area (Å²) in [5, 5.41) is 2.47. The first-order valence-corrected chi connectivity index (χ1v) is 7.36. The third-order valence-corrected chi connectivity index (χ3v) is 4.62. The van der Waals surface area contributed by atoms with E-state index in [-0.39, 0.29) is 5.82 Å². The van der Waals surface area contributed by atoms with Gasteiger partial charge in [-0.2, -0.15) is 0 Å². The highest BCUT2D eigenvalue weighted by atomic mass is 32.1. The van der Waals surface area contributed by atoms with Crippen molar-refractivity contribution in [3.05, 3.63) is 52.8 Å². The fraction of sp³-hybridized carbons (Fsp3) is 0.188. The molecule has 2 N–H and O–H groups in total. The van der Waals surface area contributed by atoms with Crippen LogP contribution in [0.3, 0.4) is 0 Å². The zero-order chi connectivity index (χ0) is 14.1. The lowest BCUT2D eigenvalue weighted by atomic mass is 10.0. The van der Waals surface area contributed by atoms with Crippen LogP contribution in [0, 0.1) is 12.7 Å². The predicted octanol–water partition coefficient (Wildman–Crippen LogP) is 3.91. The summed E-state index contributed by atoms with van der Waals surface area (Å²) in [7, 11) is 0. The van der Waals surface area contributed by atoms with Crippen LogP contribution in [0.15, 0.2) is 36.4 Å². The Hall–Kier alpha value is -1.78. The zero-order valence-corrected chi connectivity index (χ0v) is 12.0. The lowest BCUT2D eigenvalue weighted by molar-refractivity contribution is 0.640. The topological polar surface area (TPSA) is 38.9 Å². The summed E-state index contributed by atoms with van der Waals surface area (Å²) in [5.74, 6) is -0.195. The maximum absolute atomic E-state index is 13.9. The molecule has 0 fully saturated rings. The van der Waals surface area contributed by atoms with Gasteiger partial charge in [-0.3, -0.25) is 0 Å². The highest BCUT2D eigenvalue weighted by molar-refractivity contribution is 7.15. The van der Waals surface area contributed by atoms with E-state index in [2.05, 4.69) is 4.98 Å². The largest absolute Gasteiger partial charge is 0.330 e. The van der Waals surface area contributed by atoms with Crippen molar-refractivity contribution < 1.29 is 4.39 Å². The van der Waals surface area contributed by atoms with Crippen LogP contribution in [-0.4, -0.2) is 11.5 Å². The number of rotatable bonds is 3. The number of nitrogens with zero attached hydrogens (tertiary/aromatic N) is 1. The van der Waals surface area contributed by atoms with Crippen LogP contribution in [0.2, 0.25) is 0 Å². The van der Waals surface area contributed by atoms with Gasteiger partial charge < -0.3 is 5.73 Å². The number of hydrogen-bond acceptors (Lipinski definition) is 3. The van der Waals surface area contributed by atoms with Gasteiger partial charge in [0.2, 0.25) is 0 Å². The second-order valence-corrected chi connectivity index (χ2v) is 5.79. The molecule has 0 bridgehead atoms. The summed E-state index contributed by atoms with van der Waals surface area (Å²) in [5.41, 5.74) is 7.62. The number of aromatic nitrogens is 1. The van der Waals surface area contributed by atoms with E-state index < -0.39 is 0 Å². The molecule has 1 heterocycles. The molecule has 0 aliphatic rings. The first-order valence-electron chi connectivity index (χ1n) is 6.54. The number of thiazole rings is 1. The molecule has 0 radical (unpaired) electrons. The zero-order valence-electron chi connectivity index (χ0n) is 11.2. The fourth-order valence-corrected chi connectivity index (χ4v) is 3.47. The number of hydrogen-bond donors (Lipinski definition) is 1. The maximum atomic E-state index is 13.9. The van der Waals surface area contributed by atoms with E-state index in [1.54, 1.807) is 17.4 Å². The summed E-state index contributed by atoms with van der Waals surface area (Å²) in [6, 6.07) is 10.8. The summed E-state index contributed by atoms with van der Waals surface area (Å²) in [4.78, 5) is 5.82. The smallest absolute Gasteiger partial charge is 0.131 e. The van der Waals surface area contributed by atoms with E-state index in [1.165, 1.54) is 10.9 Å². The predicted molar refractivity (Wildman–Crippen MR) is 82.5 cm³/mol. The van der Waals surface area contributed by atoms with Gasteiger partial charge in [0, 0.05) is 15.8 Å². The van der Waals surface area contributed by atoms with Crippen LogP contribution < -0.4 is 5.73 Å². The minimum atomic E-state index is -0.195. The first-order chi connectivity index (χ1) is 9.70. The maximum Gasteiger partial charge on any atom is 0.131 e. The molecule has 0 amide bonds. The van der Waals surface area contributed by atoms with Crippen molar-refractivity contribution in [2.75, 3.05) is 6.54 Å². The normalized spacial score (nSPS) is 11.2. The molecule has 2 nitrogen and oxygen atoms in total. The molecule has 4 heteroatoms. The van der Waals surface area contributed by atoms with Gasteiger partial charge in [0.15, 0.2) is 0 Å². The van der Waals surface area contributed by atoms with E-state index >= 15 is 0 Å². The Bertz CT molecular complexity index is 764. The summed E-state index contributed by atoms with van der Waals surface area (Å²) < 4.78 is 13.9. The number of benzene rings is 2. The molecular formula is C16H15FN2S. The average Bonchev–Trinajstić information content (AvgIpc) is 2.81. The Morgan fingerprint density at radius 3 is 2.65 bits per heavy atom. The number of fused-ring (bicyclic) bond motifs is 1. The molecule has 0 saturated carbocycles. The second-order valence-electron chi connectivity index (χ2n) is 4.71. The van der Waals surface area contributed by atoms with Gasteiger partial charge >= 0.3 is 0 Å². The quantitative estimate of drug-likeness (QED) is 0.792. The van der Waals surface area contributed by atoms with Gasteiger partial charge in [0.05, 0.1) is 5.69 Å². The monoisotopic (exact) mass is 286 g/mol. The Morgan fingerprint density at radius 1 is 1.15 bits per heavy atom. The molecule has 0 aliphatic carbocycles. The Kier molecular flexibility index (Phi) is 3.51. The van der Waals surface area contributed by atoms with Crippen molar-refractivity contribution in [3.63, 3.8) is 0 Å². The molecule has 0 saturated heterocycles. The summed E-state index contributed by atoms with van der Waals surface area (Å²) >= 11 is 1.64. The Balaban J connectivity index is 2.20.